The van der Waals surface area contributed by atoms with E-state index in [4.69, 9.17) is 5.73 Å². The molecule has 1 atom stereocenters. The monoisotopic (exact) mass is 356 g/mol. The predicted octanol–water partition coefficient (Wildman–Crippen LogP) is 4.49. The molecule has 0 spiro atoms. The number of hydrogen-bond donors (Lipinski definition) is 1. The second-order valence-electron chi connectivity index (χ2n) is 5.93. The van der Waals surface area contributed by atoms with Gasteiger partial charge in [-0.15, -0.1) is 11.3 Å². The van der Waals surface area contributed by atoms with E-state index >= 15 is 0 Å². The van der Waals surface area contributed by atoms with E-state index in [1.54, 1.807) is 11.3 Å². The highest BCUT2D eigenvalue weighted by Crippen LogP contribution is 2.26. The number of nitrogens with zero attached hydrogens (tertiary/aromatic N) is 3. The van der Waals surface area contributed by atoms with E-state index in [0.717, 1.165) is 32.6 Å². The molecule has 0 unspecified atom stereocenters. The van der Waals surface area contributed by atoms with E-state index < -0.39 is 0 Å². The molecule has 2 aromatic heterocycles. The maximum Gasteiger partial charge on any atom is 0.134 e. The van der Waals surface area contributed by atoms with E-state index in [2.05, 4.69) is 45.8 Å². The number of nitrogens with two attached hydrogens (primary N) is 1. The molecule has 2 heterocycles. The zero-order chi connectivity index (χ0) is 17.9. The highest BCUT2D eigenvalue weighted by atomic mass is 32.1. The summed E-state index contributed by atoms with van der Waals surface area (Å²) in [6.07, 6.45) is 3.30. The molecule has 0 amide bonds. The number of rotatable bonds is 2. The number of nitrogen functional groups attached to an aromatic ring is 1. The van der Waals surface area contributed by atoms with Gasteiger partial charge in [-0.1, -0.05) is 30.0 Å². The molecule has 4 rings (SSSR count). The molecule has 26 heavy (non-hydrogen) atoms. The summed E-state index contributed by atoms with van der Waals surface area (Å²) in [7, 11) is 0. The van der Waals surface area contributed by atoms with Gasteiger partial charge >= 0.3 is 0 Å². The zero-order valence-electron chi connectivity index (χ0n) is 14.2. The van der Waals surface area contributed by atoms with Gasteiger partial charge in [0, 0.05) is 22.5 Å². The van der Waals surface area contributed by atoms with Crippen LogP contribution in [0.4, 0.5) is 5.82 Å². The summed E-state index contributed by atoms with van der Waals surface area (Å²) >= 11 is 1.63. The molecule has 0 saturated carbocycles. The Kier molecular flexibility index (Phi) is 4.34. The molecule has 2 N–H and O–H groups in total. The van der Waals surface area contributed by atoms with Gasteiger partial charge in [-0.05, 0) is 42.3 Å². The van der Waals surface area contributed by atoms with Crippen molar-refractivity contribution in [1.29, 1.82) is 0 Å². The Morgan fingerprint density at radius 1 is 1.04 bits per heavy atom. The van der Waals surface area contributed by atoms with Crippen molar-refractivity contribution >= 4 is 28.1 Å². The molecule has 4 aromatic rings. The Bertz CT molecular complexity index is 1120. The van der Waals surface area contributed by atoms with E-state index in [-0.39, 0.29) is 5.92 Å². The van der Waals surface area contributed by atoms with Crippen molar-refractivity contribution in [3.05, 3.63) is 70.9 Å². The van der Waals surface area contributed by atoms with Crippen LogP contribution in [0.1, 0.15) is 23.4 Å². The lowest BCUT2D eigenvalue weighted by Gasteiger charge is -2.06. The molecule has 5 heteroatoms. The topological polar surface area (TPSA) is 64.7 Å². The van der Waals surface area contributed by atoms with E-state index in [1.807, 2.05) is 41.9 Å². The summed E-state index contributed by atoms with van der Waals surface area (Å²) in [5, 5.41) is 3.88. The number of anilines is 1. The van der Waals surface area contributed by atoms with E-state index in [1.165, 1.54) is 6.33 Å². The van der Waals surface area contributed by atoms with E-state index in [0.29, 0.717) is 5.82 Å². The average molecular weight is 356 g/mol. The van der Waals surface area contributed by atoms with Gasteiger partial charge in [0.2, 0.25) is 0 Å². The summed E-state index contributed by atoms with van der Waals surface area (Å²) in [5.74, 6) is 7.15. The molecule has 0 saturated heterocycles. The van der Waals surface area contributed by atoms with Crippen molar-refractivity contribution in [3.8, 4) is 23.0 Å². The average Bonchev–Trinajstić information content (AvgIpc) is 3.21. The molecule has 0 aliphatic heterocycles. The van der Waals surface area contributed by atoms with Gasteiger partial charge in [0.15, 0.2) is 0 Å². The van der Waals surface area contributed by atoms with Crippen LogP contribution in [0.2, 0.25) is 0 Å². The first-order valence-electron chi connectivity index (χ1n) is 8.22. The SMILES string of the molecule is C[C@@H](C#Cc1cccc(-c2ccc3ncnc(N)c3c2)c1)c1nccs1. The predicted molar refractivity (Wildman–Crippen MR) is 107 cm³/mol. The minimum atomic E-state index is 0.122. The molecule has 0 fully saturated rings. The summed E-state index contributed by atoms with van der Waals surface area (Å²) < 4.78 is 0. The lowest BCUT2D eigenvalue weighted by Crippen LogP contribution is -1.93. The highest BCUT2D eigenvalue weighted by Gasteiger charge is 2.05. The first-order valence-corrected chi connectivity index (χ1v) is 9.10. The Labute approximate surface area is 155 Å². The molecule has 0 radical (unpaired) electrons. The van der Waals surface area contributed by atoms with Crippen LogP contribution in [0.3, 0.4) is 0 Å². The summed E-state index contributed by atoms with van der Waals surface area (Å²) in [5.41, 5.74) is 9.95. The molecule has 0 aliphatic carbocycles. The first kappa shape index (κ1) is 16.2. The minimum Gasteiger partial charge on any atom is -0.383 e. The summed E-state index contributed by atoms with van der Waals surface area (Å²) in [6.45, 7) is 2.07. The molecule has 0 aliphatic rings. The van der Waals surface area contributed by atoms with Crippen LogP contribution in [-0.4, -0.2) is 15.0 Å². The minimum absolute atomic E-state index is 0.122. The second kappa shape index (κ2) is 6.95. The normalized spacial score (nSPS) is 11.7. The van der Waals surface area contributed by atoms with Crippen molar-refractivity contribution in [2.45, 2.75) is 12.8 Å². The Hall–Kier alpha value is -3.23. The fourth-order valence-corrected chi connectivity index (χ4v) is 3.38. The molecular formula is C21H16N4S. The Morgan fingerprint density at radius 2 is 1.92 bits per heavy atom. The third kappa shape index (κ3) is 3.28. The zero-order valence-corrected chi connectivity index (χ0v) is 15.0. The van der Waals surface area contributed by atoms with Gasteiger partial charge in [0.1, 0.15) is 17.2 Å². The van der Waals surface area contributed by atoms with Crippen LogP contribution in [0.25, 0.3) is 22.0 Å². The van der Waals surface area contributed by atoms with Crippen LogP contribution in [0.5, 0.6) is 0 Å². The number of hydrogen-bond acceptors (Lipinski definition) is 5. The second-order valence-corrected chi connectivity index (χ2v) is 6.86. The number of fused-ring (bicyclic) bond motifs is 1. The summed E-state index contributed by atoms with van der Waals surface area (Å²) in [4.78, 5) is 12.6. The van der Waals surface area contributed by atoms with Gasteiger partial charge in [-0.2, -0.15) is 0 Å². The Morgan fingerprint density at radius 3 is 2.77 bits per heavy atom. The van der Waals surface area contributed by atoms with Crippen molar-refractivity contribution < 1.29 is 0 Å². The fraction of sp³-hybridized carbons (Fsp3) is 0.0952. The molecule has 4 nitrogen and oxygen atoms in total. The lowest BCUT2D eigenvalue weighted by atomic mass is 10.0. The fourth-order valence-electron chi connectivity index (χ4n) is 2.73. The van der Waals surface area contributed by atoms with Crippen LogP contribution < -0.4 is 5.73 Å². The van der Waals surface area contributed by atoms with Gasteiger partial charge in [0.25, 0.3) is 0 Å². The standard InChI is InChI=1S/C21H16N4S/c1-14(21-23-9-10-26-21)5-6-15-3-2-4-16(11-15)17-7-8-19-18(12-17)20(22)25-13-24-19/h2-4,7-14H,1H3,(H2,22,24,25)/t14-/m0/s1. The van der Waals surface area contributed by atoms with Gasteiger partial charge in [-0.3, -0.25) is 0 Å². The number of thiazole rings is 1. The van der Waals surface area contributed by atoms with Gasteiger partial charge in [-0.25, -0.2) is 15.0 Å². The number of aromatic nitrogens is 3. The van der Waals surface area contributed by atoms with Crippen molar-refractivity contribution in [3.63, 3.8) is 0 Å². The smallest absolute Gasteiger partial charge is 0.134 e. The van der Waals surface area contributed by atoms with E-state index in [9.17, 15) is 0 Å². The maximum absolute atomic E-state index is 5.98. The molecular weight excluding hydrogens is 340 g/mol. The van der Waals surface area contributed by atoms with Crippen molar-refractivity contribution in [1.82, 2.24) is 15.0 Å². The molecule has 0 bridgehead atoms. The summed E-state index contributed by atoms with van der Waals surface area (Å²) in [6, 6.07) is 14.2. The quantitative estimate of drug-likeness (QED) is 0.538. The number of benzene rings is 2. The van der Waals surface area contributed by atoms with Crippen LogP contribution in [0, 0.1) is 11.8 Å². The molecule has 126 valence electrons. The third-order valence-electron chi connectivity index (χ3n) is 4.12. The van der Waals surface area contributed by atoms with Crippen molar-refractivity contribution in [2.75, 3.05) is 5.73 Å². The lowest BCUT2D eigenvalue weighted by molar-refractivity contribution is 0.978. The third-order valence-corrected chi connectivity index (χ3v) is 5.08. The van der Waals surface area contributed by atoms with Gasteiger partial charge < -0.3 is 5.73 Å². The van der Waals surface area contributed by atoms with Gasteiger partial charge in [0.05, 0.1) is 11.4 Å². The largest absolute Gasteiger partial charge is 0.383 e. The van der Waals surface area contributed by atoms with Crippen LogP contribution in [0.15, 0.2) is 60.4 Å². The maximum atomic E-state index is 5.98. The first-order chi connectivity index (χ1) is 12.7. The highest BCUT2D eigenvalue weighted by molar-refractivity contribution is 7.09. The van der Waals surface area contributed by atoms with Crippen LogP contribution >= 0.6 is 11.3 Å². The molecule has 2 aromatic carbocycles. The van der Waals surface area contributed by atoms with Crippen LogP contribution in [-0.2, 0) is 0 Å². The van der Waals surface area contributed by atoms with Crippen molar-refractivity contribution in [2.24, 2.45) is 0 Å². The Balaban J connectivity index is 1.67.